The Labute approximate surface area is 239 Å². The largest absolute Gasteiger partial charge is 0.394 e. The Morgan fingerprint density at radius 3 is 1.05 bits per heavy atom. The topological polar surface area (TPSA) is 267 Å². The first kappa shape index (κ1) is 40.3. The zero-order valence-corrected chi connectivity index (χ0v) is 23.3. The van der Waals surface area contributed by atoms with Gasteiger partial charge in [0, 0.05) is 0 Å². The van der Waals surface area contributed by atoms with Crippen LogP contribution in [0.25, 0.3) is 0 Å². The van der Waals surface area contributed by atoms with Crippen LogP contribution in [0.5, 0.6) is 0 Å². The molecule has 0 bridgehead atoms. The van der Waals surface area contributed by atoms with E-state index in [-0.39, 0.29) is 72.7 Å². The summed E-state index contributed by atoms with van der Waals surface area (Å²) >= 11 is 0. The van der Waals surface area contributed by atoms with Crippen molar-refractivity contribution in [2.75, 3.05) is 106 Å². The van der Waals surface area contributed by atoms with Gasteiger partial charge in [0.25, 0.3) is 0 Å². The molecule has 0 aliphatic rings. The molecule has 0 aromatic carbocycles. The Bertz CT molecular complexity index is 546. The summed E-state index contributed by atoms with van der Waals surface area (Å²) in [5.41, 5.74) is 0. The smallest absolute Gasteiger partial charge is 0.104 e. The summed E-state index contributed by atoms with van der Waals surface area (Å²) in [7, 11) is 0. The van der Waals surface area contributed by atoms with Crippen LogP contribution < -0.4 is 0 Å². The van der Waals surface area contributed by atoms with Crippen LogP contribution in [-0.2, 0) is 33.2 Å². The van der Waals surface area contributed by atoms with Crippen LogP contribution in [0.15, 0.2) is 0 Å². The molecule has 0 saturated carbocycles. The van der Waals surface area contributed by atoms with Gasteiger partial charge in [0.1, 0.15) is 48.8 Å². The van der Waals surface area contributed by atoms with Crippen molar-refractivity contribution in [2.45, 2.75) is 48.8 Å². The van der Waals surface area contributed by atoms with E-state index in [1.807, 2.05) is 0 Å². The van der Waals surface area contributed by atoms with Gasteiger partial charge in [-0.3, -0.25) is 0 Å². The second-order valence-electron chi connectivity index (χ2n) is 9.20. The summed E-state index contributed by atoms with van der Waals surface area (Å²) in [5.74, 6) is 0. The van der Waals surface area contributed by atoms with Crippen LogP contribution in [0, 0.1) is 0 Å². The van der Waals surface area contributed by atoms with Gasteiger partial charge >= 0.3 is 0 Å². The fourth-order valence-corrected chi connectivity index (χ4v) is 2.78. The minimum Gasteiger partial charge on any atom is -0.394 e. The van der Waals surface area contributed by atoms with Gasteiger partial charge in [-0.25, -0.2) is 0 Å². The Hall–Kier alpha value is -0.680. The lowest BCUT2D eigenvalue weighted by Gasteiger charge is -2.25. The maximum absolute atomic E-state index is 9.90. The molecule has 0 heterocycles. The molecule has 248 valence electrons. The Balaban J connectivity index is 4.81. The highest BCUT2D eigenvalue weighted by atomic mass is 16.6. The third-order valence-corrected chi connectivity index (χ3v) is 5.07. The molecular formula is C24H50O17. The molecule has 0 aromatic rings. The van der Waals surface area contributed by atoms with Crippen molar-refractivity contribution in [1.29, 1.82) is 0 Å². The SMILES string of the molecule is OCC(O)COCC(O)COC(CO)COCC(COC(COCC(O)CO)COCC(O)CO)OCC(O)CO. The normalized spacial score (nSPS) is 18.0. The van der Waals surface area contributed by atoms with E-state index in [0.29, 0.717) is 0 Å². The van der Waals surface area contributed by atoms with Gasteiger partial charge in [0.15, 0.2) is 0 Å². The molecular weight excluding hydrogens is 560 g/mol. The monoisotopic (exact) mass is 610 g/mol. The second-order valence-corrected chi connectivity index (χ2v) is 9.20. The third kappa shape index (κ3) is 23.5. The third-order valence-electron chi connectivity index (χ3n) is 5.07. The van der Waals surface area contributed by atoms with Crippen molar-refractivity contribution in [3.8, 4) is 0 Å². The lowest BCUT2D eigenvalue weighted by atomic mass is 10.3. The van der Waals surface area contributed by atoms with E-state index in [1.165, 1.54) is 0 Å². The van der Waals surface area contributed by atoms with E-state index in [9.17, 15) is 30.6 Å². The Morgan fingerprint density at radius 2 is 0.585 bits per heavy atom. The molecule has 0 fully saturated rings. The van der Waals surface area contributed by atoms with Gasteiger partial charge < -0.3 is 84.2 Å². The van der Waals surface area contributed by atoms with Crippen molar-refractivity contribution in [1.82, 2.24) is 0 Å². The fraction of sp³-hybridized carbons (Fsp3) is 1.00. The molecule has 0 aliphatic carbocycles. The van der Waals surface area contributed by atoms with Crippen molar-refractivity contribution in [3.63, 3.8) is 0 Å². The quantitative estimate of drug-likeness (QED) is 0.0362. The van der Waals surface area contributed by atoms with Crippen LogP contribution >= 0.6 is 0 Å². The summed E-state index contributed by atoms with van der Waals surface area (Å²) in [6.45, 7) is -3.99. The molecule has 17 nitrogen and oxygen atoms in total. The molecule has 17 heteroatoms. The first-order chi connectivity index (χ1) is 19.7. The molecule has 0 amide bonds. The number of rotatable bonds is 30. The minimum absolute atomic E-state index is 0.0649. The van der Waals surface area contributed by atoms with Crippen molar-refractivity contribution in [3.05, 3.63) is 0 Å². The fourth-order valence-electron chi connectivity index (χ4n) is 2.78. The summed E-state index contributed by atoms with van der Waals surface area (Å²) in [5, 5.41) is 92.9. The number of aliphatic hydroxyl groups excluding tert-OH is 10. The highest BCUT2D eigenvalue weighted by molar-refractivity contribution is 4.65. The van der Waals surface area contributed by atoms with E-state index in [1.54, 1.807) is 0 Å². The average molecular weight is 611 g/mol. The minimum atomic E-state index is -1.16. The second kappa shape index (κ2) is 26.9. The maximum Gasteiger partial charge on any atom is 0.104 e. The van der Waals surface area contributed by atoms with Crippen LogP contribution in [0.3, 0.4) is 0 Å². The Kier molecular flexibility index (Phi) is 26.5. The van der Waals surface area contributed by atoms with E-state index < -0.39 is 81.9 Å². The van der Waals surface area contributed by atoms with Gasteiger partial charge in [-0.05, 0) is 0 Å². The molecule has 7 unspecified atom stereocenters. The standard InChI is InChI=1S/C24H50O17/c25-1-17(30)6-35-9-21(34)11-39-22(5-29)12-38-15-24(40-10-20(33)4-28)16-41-23(13-36-7-18(31)2-26)14-37-8-19(32)3-27/h17-34H,1-16H2. The van der Waals surface area contributed by atoms with Crippen LogP contribution in [0.2, 0.25) is 0 Å². The first-order valence-corrected chi connectivity index (χ1v) is 13.3. The molecule has 0 radical (unpaired) electrons. The van der Waals surface area contributed by atoms with Gasteiger partial charge in [-0.1, -0.05) is 0 Å². The summed E-state index contributed by atoms with van der Waals surface area (Å²) in [4.78, 5) is 0. The van der Waals surface area contributed by atoms with E-state index in [0.717, 1.165) is 0 Å². The first-order valence-electron chi connectivity index (χ1n) is 13.3. The maximum atomic E-state index is 9.90. The number of hydrogen-bond acceptors (Lipinski definition) is 17. The van der Waals surface area contributed by atoms with Crippen LogP contribution in [0.1, 0.15) is 0 Å². The molecule has 0 rings (SSSR count). The molecule has 7 atom stereocenters. The van der Waals surface area contributed by atoms with Gasteiger partial charge in [-0.2, -0.15) is 0 Å². The van der Waals surface area contributed by atoms with E-state index >= 15 is 0 Å². The average Bonchev–Trinajstić information content (AvgIpc) is 2.98. The van der Waals surface area contributed by atoms with Gasteiger partial charge in [-0.15, -0.1) is 0 Å². The molecule has 0 aromatic heterocycles. The zero-order valence-electron chi connectivity index (χ0n) is 23.3. The van der Waals surface area contributed by atoms with Crippen molar-refractivity contribution < 1.29 is 84.2 Å². The van der Waals surface area contributed by atoms with Crippen molar-refractivity contribution >= 4 is 0 Å². The number of ether oxygens (including phenoxy) is 7. The lowest BCUT2D eigenvalue weighted by Crippen LogP contribution is -2.37. The van der Waals surface area contributed by atoms with Gasteiger partial charge in [0.2, 0.25) is 0 Å². The van der Waals surface area contributed by atoms with Crippen molar-refractivity contribution in [2.24, 2.45) is 0 Å². The highest BCUT2D eigenvalue weighted by Crippen LogP contribution is 2.05. The van der Waals surface area contributed by atoms with Crippen LogP contribution in [0.4, 0.5) is 0 Å². The van der Waals surface area contributed by atoms with Gasteiger partial charge in [0.05, 0.1) is 106 Å². The van der Waals surface area contributed by atoms with E-state index in [2.05, 4.69) is 0 Å². The number of aliphatic hydroxyl groups is 10. The molecule has 0 saturated heterocycles. The summed E-state index contributed by atoms with van der Waals surface area (Å²) < 4.78 is 38.0. The predicted molar refractivity (Wildman–Crippen MR) is 138 cm³/mol. The lowest BCUT2D eigenvalue weighted by molar-refractivity contribution is -0.137. The number of hydrogen-bond donors (Lipinski definition) is 10. The highest BCUT2D eigenvalue weighted by Gasteiger charge is 2.20. The molecule has 10 N–H and O–H groups in total. The summed E-state index contributed by atoms with van der Waals surface area (Å²) in [6.07, 6.45) is -7.78. The Morgan fingerprint density at radius 1 is 0.293 bits per heavy atom. The predicted octanol–water partition coefficient (Wildman–Crippen LogP) is -6.03. The van der Waals surface area contributed by atoms with Crippen LogP contribution in [-0.4, -0.2) is 206 Å². The molecule has 0 spiro atoms. The summed E-state index contributed by atoms with van der Waals surface area (Å²) in [6, 6.07) is 0. The zero-order chi connectivity index (χ0) is 30.9. The van der Waals surface area contributed by atoms with E-state index in [4.69, 9.17) is 53.6 Å². The molecule has 41 heavy (non-hydrogen) atoms. The molecule has 0 aliphatic heterocycles.